The van der Waals surface area contributed by atoms with Gasteiger partial charge >= 0.3 is 0 Å². The molecule has 0 unspecified atom stereocenters. The minimum Gasteiger partial charge on any atom is -0.360 e. The zero-order chi connectivity index (χ0) is 13.0. The molecule has 0 atom stereocenters. The standard InChI is InChI=1S/C11H11F2N3S2/c1-2-14-11-16-15-9(18-11)7-3-5-8(6-4-7)17-10(12)13/h3-6,10H,2H2,1H3,(H,14,16). The van der Waals surface area contributed by atoms with E-state index in [0.29, 0.717) is 16.7 Å². The molecule has 0 amide bonds. The summed E-state index contributed by atoms with van der Waals surface area (Å²) in [4.78, 5) is 0.546. The average molecular weight is 287 g/mol. The van der Waals surface area contributed by atoms with Crippen LogP contribution in [0.1, 0.15) is 6.92 Å². The Labute approximate surface area is 112 Å². The van der Waals surface area contributed by atoms with Crippen molar-refractivity contribution in [1.29, 1.82) is 0 Å². The van der Waals surface area contributed by atoms with Crippen LogP contribution in [0.15, 0.2) is 29.2 Å². The lowest BCUT2D eigenvalue weighted by Crippen LogP contribution is -1.94. The van der Waals surface area contributed by atoms with Gasteiger partial charge in [0.15, 0.2) is 0 Å². The van der Waals surface area contributed by atoms with E-state index in [4.69, 9.17) is 0 Å². The molecule has 1 aromatic heterocycles. The van der Waals surface area contributed by atoms with Crippen LogP contribution in [-0.4, -0.2) is 22.5 Å². The second-order valence-electron chi connectivity index (χ2n) is 3.35. The normalized spacial score (nSPS) is 10.9. The second kappa shape index (κ2) is 6.10. The molecule has 7 heteroatoms. The molecule has 0 aliphatic rings. The number of nitrogens with zero attached hydrogens (tertiary/aromatic N) is 2. The number of anilines is 1. The highest BCUT2D eigenvalue weighted by Crippen LogP contribution is 2.30. The maximum Gasteiger partial charge on any atom is 0.288 e. The van der Waals surface area contributed by atoms with Crippen LogP contribution in [0.4, 0.5) is 13.9 Å². The lowest BCUT2D eigenvalue weighted by molar-refractivity contribution is 0.252. The fourth-order valence-electron chi connectivity index (χ4n) is 1.34. The van der Waals surface area contributed by atoms with Gasteiger partial charge in [-0.1, -0.05) is 35.2 Å². The summed E-state index contributed by atoms with van der Waals surface area (Å²) < 4.78 is 24.3. The number of benzene rings is 1. The van der Waals surface area contributed by atoms with Gasteiger partial charge in [-0.2, -0.15) is 8.78 Å². The zero-order valence-electron chi connectivity index (χ0n) is 9.56. The van der Waals surface area contributed by atoms with E-state index in [1.54, 1.807) is 24.3 Å². The molecule has 0 saturated heterocycles. The van der Waals surface area contributed by atoms with Crippen molar-refractivity contribution in [1.82, 2.24) is 10.2 Å². The van der Waals surface area contributed by atoms with E-state index in [1.807, 2.05) is 6.92 Å². The van der Waals surface area contributed by atoms with Crippen LogP contribution >= 0.6 is 23.1 Å². The molecule has 0 aliphatic carbocycles. The van der Waals surface area contributed by atoms with Gasteiger partial charge < -0.3 is 5.32 Å². The number of nitrogens with one attached hydrogen (secondary N) is 1. The van der Waals surface area contributed by atoms with E-state index in [0.717, 1.165) is 22.2 Å². The summed E-state index contributed by atoms with van der Waals surface area (Å²) in [5.41, 5.74) is 0.885. The first-order valence-corrected chi connectivity index (χ1v) is 7.01. The fraction of sp³-hybridized carbons (Fsp3) is 0.273. The Morgan fingerprint density at radius 2 is 2.00 bits per heavy atom. The van der Waals surface area contributed by atoms with Crippen molar-refractivity contribution in [3.63, 3.8) is 0 Å². The van der Waals surface area contributed by atoms with Crippen LogP contribution in [0, 0.1) is 0 Å². The predicted octanol–water partition coefficient (Wildman–Crippen LogP) is 3.95. The molecule has 18 heavy (non-hydrogen) atoms. The highest BCUT2D eigenvalue weighted by molar-refractivity contribution is 7.99. The number of hydrogen-bond donors (Lipinski definition) is 1. The fourth-order valence-corrected chi connectivity index (χ4v) is 2.66. The number of hydrogen-bond acceptors (Lipinski definition) is 5. The van der Waals surface area contributed by atoms with Crippen LogP contribution in [-0.2, 0) is 0 Å². The van der Waals surface area contributed by atoms with Gasteiger partial charge in [0.1, 0.15) is 5.01 Å². The van der Waals surface area contributed by atoms with Crippen molar-refractivity contribution in [2.24, 2.45) is 0 Å². The molecule has 1 N–H and O–H groups in total. The summed E-state index contributed by atoms with van der Waals surface area (Å²) in [7, 11) is 0. The summed E-state index contributed by atoms with van der Waals surface area (Å²) in [6.45, 7) is 2.77. The molecule has 3 nitrogen and oxygen atoms in total. The third kappa shape index (κ3) is 3.39. The Morgan fingerprint density at radius 1 is 1.28 bits per heavy atom. The van der Waals surface area contributed by atoms with Gasteiger partial charge in [-0.3, -0.25) is 0 Å². The van der Waals surface area contributed by atoms with Crippen molar-refractivity contribution in [2.75, 3.05) is 11.9 Å². The molecular weight excluding hydrogens is 276 g/mol. The third-order valence-electron chi connectivity index (χ3n) is 2.08. The number of rotatable bonds is 5. The highest BCUT2D eigenvalue weighted by atomic mass is 32.2. The van der Waals surface area contributed by atoms with Gasteiger partial charge in [0.25, 0.3) is 5.76 Å². The summed E-state index contributed by atoms with van der Waals surface area (Å²) >= 11 is 1.98. The third-order valence-corrected chi connectivity index (χ3v) is 3.73. The van der Waals surface area contributed by atoms with E-state index < -0.39 is 5.76 Å². The maximum absolute atomic E-state index is 12.2. The van der Waals surface area contributed by atoms with Crippen molar-refractivity contribution < 1.29 is 8.78 Å². The molecular formula is C11H11F2N3S2. The predicted molar refractivity (Wildman–Crippen MR) is 71.4 cm³/mol. The molecule has 96 valence electrons. The van der Waals surface area contributed by atoms with Gasteiger partial charge in [-0.05, 0) is 19.1 Å². The molecule has 0 radical (unpaired) electrons. The topological polar surface area (TPSA) is 37.8 Å². The van der Waals surface area contributed by atoms with E-state index in [2.05, 4.69) is 15.5 Å². The minimum absolute atomic E-state index is 0.537. The highest BCUT2D eigenvalue weighted by Gasteiger charge is 2.08. The van der Waals surface area contributed by atoms with Gasteiger partial charge in [0.2, 0.25) is 5.13 Å². The lowest BCUT2D eigenvalue weighted by Gasteiger charge is -2.00. The first-order valence-electron chi connectivity index (χ1n) is 5.31. The Hall–Kier alpha value is -1.21. The molecule has 0 saturated carbocycles. The quantitative estimate of drug-likeness (QED) is 0.845. The van der Waals surface area contributed by atoms with Crippen molar-refractivity contribution in [2.45, 2.75) is 17.6 Å². The Morgan fingerprint density at radius 3 is 2.61 bits per heavy atom. The van der Waals surface area contributed by atoms with Crippen LogP contribution in [0.25, 0.3) is 10.6 Å². The van der Waals surface area contributed by atoms with Crippen molar-refractivity contribution in [3.8, 4) is 10.6 Å². The van der Waals surface area contributed by atoms with E-state index in [1.165, 1.54) is 11.3 Å². The van der Waals surface area contributed by atoms with Crippen LogP contribution in [0.2, 0.25) is 0 Å². The summed E-state index contributed by atoms with van der Waals surface area (Å²) in [5.74, 6) is -2.39. The van der Waals surface area contributed by atoms with Crippen molar-refractivity contribution >= 4 is 28.2 Å². The van der Waals surface area contributed by atoms with Gasteiger partial charge in [0, 0.05) is 17.0 Å². The minimum atomic E-state index is -2.39. The molecule has 1 aromatic carbocycles. The summed E-state index contributed by atoms with van der Waals surface area (Å²) in [5, 5.41) is 12.6. The Bertz CT molecular complexity index is 499. The van der Waals surface area contributed by atoms with Crippen LogP contribution < -0.4 is 5.32 Å². The van der Waals surface area contributed by atoms with Crippen LogP contribution in [0.3, 0.4) is 0 Å². The van der Waals surface area contributed by atoms with E-state index in [9.17, 15) is 8.78 Å². The van der Waals surface area contributed by atoms with E-state index >= 15 is 0 Å². The molecule has 2 aromatic rings. The summed E-state index contributed by atoms with van der Waals surface area (Å²) in [6.07, 6.45) is 0. The second-order valence-corrected chi connectivity index (χ2v) is 5.39. The van der Waals surface area contributed by atoms with Crippen LogP contribution in [0.5, 0.6) is 0 Å². The SMILES string of the molecule is CCNc1nnc(-c2ccc(SC(F)F)cc2)s1. The zero-order valence-corrected chi connectivity index (χ0v) is 11.2. The first kappa shape index (κ1) is 13.2. The van der Waals surface area contributed by atoms with Gasteiger partial charge in [-0.15, -0.1) is 10.2 Å². The number of aromatic nitrogens is 2. The maximum atomic E-state index is 12.2. The van der Waals surface area contributed by atoms with Crippen molar-refractivity contribution in [3.05, 3.63) is 24.3 Å². The van der Waals surface area contributed by atoms with E-state index in [-0.39, 0.29) is 0 Å². The molecule has 1 heterocycles. The molecule has 0 bridgehead atoms. The molecule has 2 rings (SSSR count). The number of alkyl halides is 2. The number of halogens is 2. The number of thioether (sulfide) groups is 1. The summed E-state index contributed by atoms with van der Waals surface area (Å²) in [6, 6.07) is 6.89. The Kier molecular flexibility index (Phi) is 4.48. The van der Waals surface area contributed by atoms with Gasteiger partial charge in [-0.25, -0.2) is 0 Å². The molecule has 0 fully saturated rings. The Balaban J connectivity index is 2.12. The molecule has 0 spiro atoms. The average Bonchev–Trinajstić information content (AvgIpc) is 2.78. The lowest BCUT2D eigenvalue weighted by atomic mass is 10.2. The monoisotopic (exact) mass is 287 g/mol. The van der Waals surface area contributed by atoms with Gasteiger partial charge in [0.05, 0.1) is 0 Å². The first-order chi connectivity index (χ1) is 8.69. The molecule has 0 aliphatic heterocycles. The largest absolute Gasteiger partial charge is 0.360 e. The smallest absolute Gasteiger partial charge is 0.288 e.